The van der Waals surface area contributed by atoms with E-state index in [0.717, 1.165) is 0 Å². The van der Waals surface area contributed by atoms with E-state index in [1.165, 1.54) is 18.2 Å². The molecule has 0 spiro atoms. The number of nitrogens with two attached hydrogens (primary N) is 2. The van der Waals surface area contributed by atoms with Gasteiger partial charge >= 0.3 is 0 Å². The van der Waals surface area contributed by atoms with Crippen molar-refractivity contribution in [2.45, 2.75) is 4.90 Å². The monoisotopic (exact) mass is 289 g/mol. The van der Waals surface area contributed by atoms with Crippen LogP contribution in [-0.2, 0) is 20.8 Å². The lowest BCUT2D eigenvalue weighted by atomic mass is 10.2. The molecule has 4 N–H and O–H groups in total. The van der Waals surface area contributed by atoms with E-state index in [4.69, 9.17) is 10.9 Å². The molecule has 0 aromatic heterocycles. The summed E-state index contributed by atoms with van der Waals surface area (Å²) in [7, 11) is -4.52. The molecule has 8 heteroatoms. The normalized spacial score (nSPS) is 17.9. The molecular weight excluding hydrogens is 274 g/mol. The Hall–Kier alpha value is -1.12. The van der Waals surface area contributed by atoms with Crippen LogP contribution in [0.2, 0.25) is 0 Å². The number of primary sulfonamides is 1. The molecule has 1 heterocycles. The largest absolute Gasteiger partial charge is 0.397 e. The fourth-order valence-corrected chi connectivity index (χ4v) is 3.44. The summed E-state index contributed by atoms with van der Waals surface area (Å²) in [4.78, 5) is 1.98. The highest BCUT2D eigenvalue weighted by Crippen LogP contribution is 2.27. The maximum atomic E-state index is 11.3. The third-order valence-electron chi connectivity index (χ3n) is 2.85. The number of anilines is 2. The number of sulfonamides is 1. The zero-order valence-corrected chi connectivity index (χ0v) is 11.3. The van der Waals surface area contributed by atoms with E-state index in [2.05, 4.69) is 0 Å². The van der Waals surface area contributed by atoms with E-state index in [-0.39, 0.29) is 4.90 Å². The molecule has 0 bridgehead atoms. The number of hydrogen-bond donors (Lipinski definition) is 2. The van der Waals surface area contributed by atoms with Gasteiger partial charge in [0.05, 0.1) is 16.3 Å². The Labute approximate surface area is 108 Å². The van der Waals surface area contributed by atoms with Crippen molar-refractivity contribution in [2.75, 3.05) is 35.2 Å². The number of nitrogen functional groups attached to an aromatic ring is 1. The van der Waals surface area contributed by atoms with Crippen molar-refractivity contribution in [3.63, 3.8) is 0 Å². The van der Waals surface area contributed by atoms with Crippen molar-refractivity contribution >= 4 is 32.2 Å². The maximum Gasteiger partial charge on any atom is 0.238 e. The first-order valence-corrected chi connectivity index (χ1v) is 8.43. The van der Waals surface area contributed by atoms with Crippen molar-refractivity contribution in [1.82, 2.24) is 0 Å². The molecule has 0 saturated carbocycles. The van der Waals surface area contributed by atoms with E-state index < -0.39 is 20.8 Å². The molecular formula is C10H15N3O3S2. The van der Waals surface area contributed by atoms with Gasteiger partial charge in [0.2, 0.25) is 10.0 Å². The van der Waals surface area contributed by atoms with Gasteiger partial charge in [-0.3, -0.25) is 4.21 Å². The quantitative estimate of drug-likeness (QED) is 0.713. The molecule has 0 aliphatic carbocycles. The SMILES string of the molecule is Nc1ccc(S(N)(=O)=O)cc1N1CCS(=O)CC1. The number of benzene rings is 1. The first-order chi connectivity index (χ1) is 8.38. The van der Waals surface area contributed by atoms with Crippen LogP contribution in [0.3, 0.4) is 0 Å². The lowest BCUT2D eigenvalue weighted by molar-refractivity contribution is 0.597. The molecule has 1 aliphatic rings. The standard InChI is InChI=1S/C10H15N3O3S2/c11-9-2-1-8(18(12,15)16)7-10(9)13-3-5-17(14)6-4-13/h1-2,7H,3-6,11H2,(H2,12,15,16). The Bertz CT molecular complexity index is 576. The molecule has 1 saturated heterocycles. The fraction of sp³-hybridized carbons (Fsp3) is 0.400. The van der Waals surface area contributed by atoms with Gasteiger partial charge < -0.3 is 10.6 Å². The van der Waals surface area contributed by atoms with Crippen LogP contribution in [0.25, 0.3) is 0 Å². The molecule has 100 valence electrons. The molecule has 1 aromatic carbocycles. The van der Waals surface area contributed by atoms with Crippen LogP contribution < -0.4 is 15.8 Å². The Morgan fingerprint density at radius 1 is 1.22 bits per heavy atom. The van der Waals surface area contributed by atoms with Crippen molar-refractivity contribution in [3.8, 4) is 0 Å². The smallest absolute Gasteiger partial charge is 0.238 e. The first kappa shape index (κ1) is 13.3. The van der Waals surface area contributed by atoms with E-state index in [1.807, 2.05) is 4.90 Å². The van der Waals surface area contributed by atoms with Gasteiger partial charge in [0.1, 0.15) is 0 Å². The van der Waals surface area contributed by atoms with Crippen LogP contribution in [0, 0.1) is 0 Å². The molecule has 0 unspecified atom stereocenters. The summed E-state index contributed by atoms with van der Waals surface area (Å²) < 4.78 is 33.9. The fourth-order valence-electron chi connectivity index (χ4n) is 1.85. The highest BCUT2D eigenvalue weighted by atomic mass is 32.2. The first-order valence-electron chi connectivity index (χ1n) is 5.40. The van der Waals surface area contributed by atoms with E-state index in [0.29, 0.717) is 36.0 Å². The number of rotatable bonds is 2. The second-order valence-corrected chi connectivity index (χ2v) is 7.36. The zero-order chi connectivity index (χ0) is 13.3. The van der Waals surface area contributed by atoms with Crippen LogP contribution in [0.1, 0.15) is 0 Å². The van der Waals surface area contributed by atoms with Crippen LogP contribution in [0.15, 0.2) is 23.1 Å². The van der Waals surface area contributed by atoms with Crippen LogP contribution >= 0.6 is 0 Å². The highest BCUT2D eigenvalue weighted by molar-refractivity contribution is 7.89. The van der Waals surface area contributed by atoms with Gasteiger partial charge in [-0.25, -0.2) is 13.6 Å². The Balaban J connectivity index is 2.35. The summed E-state index contributed by atoms with van der Waals surface area (Å²) in [5.74, 6) is 1.14. The molecule has 0 atom stereocenters. The Morgan fingerprint density at radius 2 is 1.83 bits per heavy atom. The van der Waals surface area contributed by atoms with E-state index in [9.17, 15) is 12.6 Å². The summed E-state index contributed by atoms with van der Waals surface area (Å²) in [5, 5.41) is 5.09. The topological polar surface area (TPSA) is 106 Å². The van der Waals surface area contributed by atoms with Gasteiger partial charge in [-0.2, -0.15) is 0 Å². The van der Waals surface area contributed by atoms with Gasteiger partial charge in [0.15, 0.2) is 0 Å². The van der Waals surface area contributed by atoms with Crippen molar-refractivity contribution < 1.29 is 12.6 Å². The minimum absolute atomic E-state index is 0.0402. The summed E-state index contributed by atoms with van der Waals surface area (Å²) >= 11 is 0. The second-order valence-electron chi connectivity index (χ2n) is 4.10. The van der Waals surface area contributed by atoms with Crippen LogP contribution in [0.5, 0.6) is 0 Å². The van der Waals surface area contributed by atoms with Gasteiger partial charge in [-0.05, 0) is 18.2 Å². The minimum Gasteiger partial charge on any atom is -0.397 e. The van der Waals surface area contributed by atoms with Gasteiger partial charge in [-0.1, -0.05) is 0 Å². The average Bonchev–Trinajstić information content (AvgIpc) is 2.29. The van der Waals surface area contributed by atoms with Crippen molar-refractivity contribution in [1.29, 1.82) is 0 Å². The third-order valence-corrected chi connectivity index (χ3v) is 5.04. The average molecular weight is 289 g/mol. The Morgan fingerprint density at radius 3 is 2.39 bits per heavy atom. The highest BCUT2D eigenvalue weighted by Gasteiger charge is 2.19. The van der Waals surface area contributed by atoms with E-state index >= 15 is 0 Å². The number of nitrogens with zero attached hydrogens (tertiary/aromatic N) is 1. The molecule has 1 fully saturated rings. The van der Waals surface area contributed by atoms with Crippen LogP contribution in [0.4, 0.5) is 11.4 Å². The number of hydrogen-bond acceptors (Lipinski definition) is 5. The lowest BCUT2D eigenvalue weighted by Gasteiger charge is -2.29. The predicted molar refractivity (Wildman–Crippen MR) is 72.3 cm³/mol. The third kappa shape index (κ3) is 2.82. The zero-order valence-electron chi connectivity index (χ0n) is 9.70. The second kappa shape index (κ2) is 4.87. The Kier molecular flexibility index (Phi) is 3.60. The summed E-state index contributed by atoms with van der Waals surface area (Å²) in [6, 6.07) is 4.38. The molecule has 0 amide bonds. The van der Waals surface area contributed by atoms with Crippen molar-refractivity contribution in [3.05, 3.63) is 18.2 Å². The van der Waals surface area contributed by atoms with Gasteiger partial charge in [0.25, 0.3) is 0 Å². The van der Waals surface area contributed by atoms with Gasteiger partial charge in [-0.15, -0.1) is 0 Å². The summed E-state index contributed by atoms with van der Waals surface area (Å²) in [5.41, 5.74) is 6.98. The molecule has 1 aromatic rings. The molecule has 18 heavy (non-hydrogen) atoms. The van der Waals surface area contributed by atoms with Crippen molar-refractivity contribution in [2.24, 2.45) is 5.14 Å². The maximum absolute atomic E-state index is 11.3. The molecule has 0 radical (unpaired) electrons. The molecule has 2 rings (SSSR count). The molecule has 1 aliphatic heterocycles. The van der Waals surface area contributed by atoms with Crippen LogP contribution in [-0.4, -0.2) is 37.2 Å². The lowest BCUT2D eigenvalue weighted by Crippen LogP contribution is -2.38. The summed E-state index contributed by atoms with van der Waals surface area (Å²) in [6.07, 6.45) is 0. The minimum atomic E-state index is -3.73. The molecule has 6 nitrogen and oxygen atoms in total. The summed E-state index contributed by atoms with van der Waals surface area (Å²) in [6.45, 7) is 1.20. The van der Waals surface area contributed by atoms with E-state index in [1.54, 1.807) is 0 Å². The predicted octanol–water partition coefficient (Wildman–Crippen LogP) is -0.515. The van der Waals surface area contributed by atoms with Gasteiger partial charge in [0, 0.05) is 35.4 Å².